The molecule has 0 radical (unpaired) electrons. The molecule has 110 valence electrons. The maximum Gasteiger partial charge on any atom is 0.336 e. The van der Waals surface area contributed by atoms with E-state index >= 15 is 0 Å². The van der Waals surface area contributed by atoms with Gasteiger partial charge in [0.1, 0.15) is 11.6 Å². The van der Waals surface area contributed by atoms with Crippen molar-refractivity contribution in [1.82, 2.24) is 9.55 Å². The van der Waals surface area contributed by atoms with Crippen LogP contribution in [0.1, 0.15) is 15.9 Å². The van der Waals surface area contributed by atoms with Crippen molar-refractivity contribution < 1.29 is 14.3 Å². The highest BCUT2D eigenvalue weighted by Crippen LogP contribution is 2.20. The number of hydrogen-bond donors (Lipinski definition) is 1. The van der Waals surface area contributed by atoms with Gasteiger partial charge in [-0.2, -0.15) is 0 Å². The Labute approximate surface area is 126 Å². The van der Waals surface area contributed by atoms with Gasteiger partial charge >= 0.3 is 5.97 Å². The van der Waals surface area contributed by atoms with Crippen LogP contribution >= 0.6 is 0 Å². The number of carbonyl (C=O) groups is 1. The number of hydrogen-bond acceptors (Lipinski definition) is 2. The van der Waals surface area contributed by atoms with Gasteiger partial charge < -0.3 is 9.67 Å². The fourth-order valence-electron chi connectivity index (χ4n) is 2.35. The molecule has 4 nitrogen and oxygen atoms in total. The first-order valence-corrected chi connectivity index (χ1v) is 6.73. The molecule has 2 aromatic carbocycles. The Morgan fingerprint density at radius 3 is 2.59 bits per heavy atom. The van der Waals surface area contributed by atoms with Gasteiger partial charge in [0.15, 0.2) is 0 Å². The van der Waals surface area contributed by atoms with Crippen molar-refractivity contribution in [1.29, 1.82) is 0 Å². The van der Waals surface area contributed by atoms with Crippen LogP contribution in [0.15, 0.2) is 60.9 Å². The van der Waals surface area contributed by atoms with Gasteiger partial charge in [0, 0.05) is 24.5 Å². The van der Waals surface area contributed by atoms with Crippen molar-refractivity contribution in [2.75, 3.05) is 0 Å². The van der Waals surface area contributed by atoms with Crippen LogP contribution in [0, 0.1) is 5.82 Å². The van der Waals surface area contributed by atoms with Crippen molar-refractivity contribution in [3.63, 3.8) is 0 Å². The third-order valence-electron chi connectivity index (χ3n) is 3.41. The number of benzene rings is 2. The topological polar surface area (TPSA) is 55.1 Å². The molecule has 0 atom stereocenters. The second kappa shape index (κ2) is 5.81. The Kier molecular flexibility index (Phi) is 3.70. The first-order chi connectivity index (χ1) is 10.6. The van der Waals surface area contributed by atoms with E-state index in [9.17, 15) is 14.3 Å². The molecule has 0 aliphatic rings. The van der Waals surface area contributed by atoms with Crippen molar-refractivity contribution in [3.8, 4) is 11.4 Å². The molecule has 22 heavy (non-hydrogen) atoms. The molecule has 0 saturated carbocycles. The van der Waals surface area contributed by atoms with Gasteiger partial charge in [0.2, 0.25) is 0 Å². The quantitative estimate of drug-likeness (QED) is 0.802. The van der Waals surface area contributed by atoms with E-state index in [-0.39, 0.29) is 11.4 Å². The summed E-state index contributed by atoms with van der Waals surface area (Å²) in [6.45, 7) is 0.384. The molecule has 0 saturated heterocycles. The highest BCUT2D eigenvalue weighted by molar-refractivity contribution is 5.89. The first kappa shape index (κ1) is 14.0. The van der Waals surface area contributed by atoms with Crippen LogP contribution in [0.2, 0.25) is 0 Å². The number of rotatable bonds is 4. The summed E-state index contributed by atoms with van der Waals surface area (Å²) in [4.78, 5) is 15.6. The van der Waals surface area contributed by atoms with Gasteiger partial charge in [-0.15, -0.1) is 0 Å². The summed E-state index contributed by atoms with van der Waals surface area (Å²) in [6.07, 6.45) is 3.42. The summed E-state index contributed by atoms with van der Waals surface area (Å²) < 4.78 is 14.9. The molecular formula is C17H13FN2O2. The predicted octanol–water partition coefficient (Wildman–Crippen LogP) is 3.44. The van der Waals surface area contributed by atoms with Crippen LogP contribution in [0.3, 0.4) is 0 Å². The maximum absolute atomic E-state index is 13.0. The summed E-state index contributed by atoms with van der Waals surface area (Å²) in [5.74, 6) is -0.600. The first-order valence-electron chi connectivity index (χ1n) is 6.73. The molecule has 0 amide bonds. The van der Waals surface area contributed by atoms with Gasteiger partial charge in [-0.05, 0) is 35.9 Å². The summed E-state index contributed by atoms with van der Waals surface area (Å²) in [6, 6.07) is 12.9. The van der Waals surface area contributed by atoms with Crippen molar-refractivity contribution in [2.45, 2.75) is 6.54 Å². The van der Waals surface area contributed by atoms with Crippen LogP contribution in [0.5, 0.6) is 0 Å². The largest absolute Gasteiger partial charge is 0.478 e. The van der Waals surface area contributed by atoms with Crippen molar-refractivity contribution in [2.24, 2.45) is 0 Å². The Bertz CT molecular complexity index is 810. The molecule has 1 aromatic heterocycles. The van der Waals surface area contributed by atoms with Crippen LogP contribution in [-0.2, 0) is 6.54 Å². The van der Waals surface area contributed by atoms with E-state index in [2.05, 4.69) is 4.98 Å². The van der Waals surface area contributed by atoms with Crippen LogP contribution in [0.25, 0.3) is 11.4 Å². The van der Waals surface area contributed by atoms with E-state index < -0.39 is 5.97 Å². The minimum Gasteiger partial charge on any atom is -0.478 e. The zero-order chi connectivity index (χ0) is 15.5. The van der Waals surface area contributed by atoms with Crippen molar-refractivity contribution >= 4 is 5.97 Å². The lowest BCUT2D eigenvalue weighted by Crippen LogP contribution is -2.07. The lowest BCUT2D eigenvalue weighted by atomic mass is 10.1. The van der Waals surface area contributed by atoms with Crippen LogP contribution in [-0.4, -0.2) is 20.6 Å². The van der Waals surface area contributed by atoms with Gasteiger partial charge in [-0.25, -0.2) is 14.2 Å². The average Bonchev–Trinajstić information content (AvgIpc) is 2.96. The number of carboxylic acids is 1. The summed E-state index contributed by atoms with van der Waals surface area (Å²) in [5.41, 5.74) is 1.73. The lowest BCUT2D eigenvalue weighted by molar-refractivity contribution is 0.0695. The van der Waals surface area contributed by atoms with E-state index in [4.69, 9.17) is 0 Å². The highest BCUT2D eigenvalue weighted by atomic mass is 19.1. The summed E-state index contributed by atoms with van der Waals surface area (Å²) in [5, 5.41) is 9.24. The SMILES string of the molecule is O=C(O)c1ccccc1Cn1ccnc1-c1ccc(F)cc1. The third kappa shape index (κ3) is 2.74. The lowest BCUT2D eigenvalue weighted by Gasteiger charge is -2.10. The third-order valence-corrected chi connectivity index (χ3v) is 3.41. The minimum atomic E-state index is -0.959. The molecular weight excluding hydrogens is 283 g/mol. The molecule has 5 heteroatoms. The van der Waals surface area contributed by atoms with Gasteiger partial charge in [0.05, 0.1) is 5.56 Å². The van der Waals surface area contributed by atoms with E-state index in [1.807, 2.05) is 4.57 Å². The fraction of sp³-hybridized carbons (Fsp3) is 0.0588. The van der Waals surface area contributed by atoms with E-state index in [1.165, 1.54) is 12.1 Å². The zero-order valence-electron chi connectivity index (χ0n) is 11.6. The number of aromatic carboxylic acids is 1. The number of imidazole rings is 1. The van der Waals surface area contributed by atoms with Gasteiger partial charge in [-0.3, -0.25) is 0 Å². The normalized spacial score (nSPS) is 10.6. The Morgan fingerprint density at radius 1 is 1.14 bits per heavy atom. The molecule has 0 bridgehead atoms. The highest BCUT2D eigenvalue weighted by Gasteiger charge is 2.12. The van der Waals surface area contributed by atoms with E-state index in [1.54, 1.807) is 48.8 Å². The van der Waals surface area contributed by atoms with Crippen molar-refractivity contribution in [3.05, 3.63) is 77.9 Å². The molecule has 1 N–H and O–H groups in total. The second-order valence-corrected chi connectivity index (χ2v) is 4.85. The Morgan fingerprint density at radius 2 is 1.86 bits per heavy atom. The van der Waals surface area contributed by atoms with Crippen LogP contribution < -0.4 is 0 Å². The van der Waals surface area contributed by atoms with Crippen LogP contribution in [0.4, 0.5) is 4.39 Å². The molecule has 0 aliphatic carbocycles. The minimum absolute atomic E-state index is 0.265. The monoisotopic (exact) mass is 296 g/mol. The fourth-order valence-corrected chi connectivity index (χ4v) is 2.35. The molecule has 0 unspecified atom stereocenters. The molecule has 0 spiro atoms. The smallest absolute Gasteiger partial charge is 0.336 e. The Balaban J connectivity index is 1.97. The van der Waals surface area contributed by atoms with Gasteiger partial charge in [-0.1, -0.05) is 18.2 Å². The molecule has 3 aromatic rings. The standard InChI is InChI=1S/C17H13FN2O2/c18-14-7-5-12(6-8-14)16-19-9-10-20(16)11-13-3-1-2-4-15(13)17(21)22/h1-10H,11H2,(H,21,22). The van der Waals surface area contributed by atoms with E-state index in [0.717, 1.165) is 5.56 Å². The maximum atomic E-state index is 13.0. The summed E-state index contributed by atoms with van der Waals surface area (Å²) in [7, 11) is 0. The average molecular weight is 296 g/mol. The molecule has 3 rings (SSSR count). The summed E-state index contributed by atoms with van der Waals surface area (Å²) >= 11 is 0. The second-order valence-electron chi connectivity index (χ2n) is 4.85. The molecule has 0 aliphatic heterocycles. The Hall–Kier alpha value is -2.95. The number of aromatic nitrogens is 2. The molecule has 0 fully saturated rings. The van der Waals surface area contributed by atoms with E-state index in [0.29, 0.717) is 17.9 Å². The zero-order valence-corrected chi connectivity index (χ0v) is 11.6. The number of carboxylic acid groups (broad SMARTS) is 1. The number of nitrogens with zero attached hydrogens (tertiary/aromatic N) is 2. The number of halogens is 1. The molecule has 1 heterocycles. The predicted molar refractivity (Wildman–Crippen MR) is 80.1 cm³/mol. The van der Waals surface area contributed by atoms with Gasteiger partial charge in [0.25, 0.3) is 0 Å².